The summed E-state index contributed by atoms with van der Waals surface area (Å²) in [5.74, 6) is 0. The molecule has 0 amide bonds. The van der Waals surface area contributed by atoms with Crippen LogP contribution in [0.3, 0.4) is 0 Å². The van der Waals surface area contributed by atoms with E-state index in [1.165, 1.54) is 57.3 Å². The molecule has 1 fully saturated rings. The third kappa shape index (κ3) is 7.81. The lowest BCUT2D eigenvalue weighted by atomic mass is 10.3. The van der Waals surface area contributed by atoms with Crippen molar-refractivity contribution in [2.24, 2.45) is 0 Å². The Morgan fingerprint density at radius 2 is 1.32 bits per heavy atom. The van der Waals surface area contributed by atoms with E-state index in [1.54, 1.807) is 0 Å². The molecule has 1 saturated heterocycles. The second kappa shape index (κ2) is 13.4. The summed E-state index contributed by atoms with van der Waals surface area (Å²) < 4.78 is 14.9. The van der Waals surface area contributed by atoms with Crippen LogP contribution in [0, 0.1) is 0 Å². The fourth-order valence-corrected chi connectivity index (χ4v) is 9.99. The minimum atomic E-state index is -1.43. The largest absolute Gasteiger partial charge is 0.397 e. The van der Waals surface area contributed by atoms with Crippen LogP contribution in [0.4, 0.5) is 0 Å². The van der Waals surface area contributed by atoms with Gasteiger partial charge < -0.3 is 18.3 Å². The molecule has 0 aromatic carbocycles. The summed E-state index contributed by atoms with van der Waals surface area (Å²) in [6.07, 6.45) is 3.43. The number of rotatable bonds is 14. The van der Waals surface area contributed by atoms with Crippen LogP contribution < -0.4 is 0 Å². The predicted octanol–water partition coefficient (Wildman–Crippen LogP) is 4.07. The molecule has 0 saturated carbocycles. The first-order valence-corrected chi connectivity index (χ1v) is 15.2. The van der Waals surface area contributed by atoms with Gasteiger partial charge in [0.1, 0.15) is 8.24 Å². The molecule has 0 aromatic rings. The van der Waals surface area contributed by atoms with Gasteiger partial charge in [-0.15, -0.1) is 0 Å². The molecular weight excluding hydrogens is 344 g/mol. The second-order valence-electron chi connectivity index (χ2n) is 7.43. The Hall–Kier alpha value is 0.274. The van der Waals surface area contributed by atoms with Crippen molar-refractivity contribution in [1.82, 2.24) is 9.47 Å². The molecule has 0 radical (unpaired) electrons. The lowest BCUT2D eigenvalue weighted by Gasteiger charge is -2.46. The van der Waals surface area contributed by atoms with Gasteiger partial charge in [-0.1, -0.05) is 34.6 Å². The Labute approximate surface area is 160 Å². The topological polar surface area (TPSA) is 24.9 Å². The molecule has 1 aliphatic rings. The van der Waals surface area contributed by atoms with Crippen molar-refractivity contribution >= 4 is 17.5 Å². The summed E-state index contributed by atoms with van der Waals surface area (Å²) in [6, 6.07) is 5.40. The summed E-state index contributed by atoms with van der Waals surface area (Å²) in [4.78, 5) is 2.67. The highest BCUT2D eigenvalue weighted by molar-refractivity contribution is 6.77. The number of piperazine rings is 1. The van der Waals surface area contributed by atoms with Gasteiger partial charge in [-0.3, -0.25) is 0 Å². The molecule has 0 aliphatic carbocycles. The zero-order valence-electron chi connectivity index (χ0n) is 17.7. The highest BCUT2D eigenvalue weighted by Gasteiger charge is 2.35. The number of hydrogen-bond donors (Lipinski definition) is 0. The zero-order valence-corrected chi connectivity index (χ0v) is 19.8. The van der Waals surface area contributed by atoms with Crippen LogP contribution >= 0.6 is 0 Å². The molecule has 25 heavy (non-hydrogen) atoms. The monoisotopic (exact) mass is 388 g/mol. The van der Waals surface area contributed by atoms with E-state index in [0.717, 1.165) is 32.1 Å². The van der Waals surface area contributed by atoms with Crippen molar-refractivity contribution < 1.29 is 8.85 Å². The third-order valence-electron chi connectivity index (χ3n) is 5.95. The Morgan fingerprint density at radius 3 is 1.76 bits per heavy atom. The summed E-state index contributed by atoms with van der Waals surface area (Å²) >= 11 is 0. The van der Waals surface area contributed by atoms with Gasteiger partial charge in [-0.05, 0) is 50.0 Å². The van der Waals surface area contributed by atoms with Gasteiger partial charge in [0.25, 0.3) is 0 Å². The molecule has 150 valence electrons. The zero-order chi connectivity index (χ0) is 18.5. The molecule has 1 heterocycles. The van der Waals surface area contributed by atoms with Gasteiger partial charge in [0.05, 0.1) is 0 Å². The van der Waals surface area contributed by atoms with Crippen LogP contribution in [0.5, 0.6) is 0 Å². The molecule has 0 spiro atoms. The van der Waals surface area contributed by atoms with Gasteiger partial charge in [0.2, 0.25) is 0 Å². The van der Waals surface area contributed by atoms with Gasteiger partial charge in [0.15, 0.2) is 0 Å². The van der Waals surface area contributed by atoms with Gasteiger partial charge in [-0.25, -0.2) is 0 Å². The first kappa shape index (κ1) is 23.3. The quantitative estimate of drug-likeness (QED) is 0.419. The van der Waals surface area contributed by atoms with Crippen molar-refractivity contribution in [3.05, 3.63) is 0 Å². The third-order valence-corrected chi connectivity index (χ3v) is 13.8. The normalized spacial score (nSPS) is 17.5. The Balaban J connectivity index is 2.31. The summed E-state index contributed by atoms with van der Waals surface area (Å²) in [6.45, 7) is 19.7. The van der Waals surface area contributed by atoms with Crippen molar-refractivity contribution in [2.45, 2.75) is 78.1 Å². The molecular formula is C19H44N2O2Si2. The maximum absolute atomic E-state index is 5.98. The smallest absolute Gasteiger partial charge is 0.321 e. The number of hydrogen-bond acceptors (Lipinski definition) is 4. The van der Waals surface area contributed by atoms with Crippen molar-refractivity contribution in [2.75, 3.05) is 45.9 Å². The molecule has 1 aliphatic heterocycles. The maximum atomic E-state index is 5.98. The minimum absolute atomic E-state index is 0.872. The molecule has 0 unspecified atom stereocenters. The summed E-state index contributed by atoms with van der Waals surface area (Å²) in [5.41, 5.74) is 0. The molecule has 6 heteroatoms. The van der Waals surface area contributed by atoms with Crippen molar-refractivity contribution in [3.8, 4) is 0 Å². The average Bonchev–Trinajstić information content (AvgIpc) is 2.66. The van der Waals surface area contributed by atoms with E-state index in [0.29, 0.717) is 0 Å². The standard InChI is InChI=1S/C19H44N2O2Si2/c1-6-17-22-24(23-18-7-2)19-11-12-20-13-15-21(16-14-20)25(8-3,9-4)10-5/h24H,6-19H2,1-5H3. The van der Waals surface area contributed by atoms with E-state index in [9.17, 15) is 0 Å². The van der Waals surface area contributed by atoms with Crippen LogP contribution in [-0.2, 0) is 8.85 Å². The molecule has 0 atom stereocenters. The Bertz CT molecular complexity index is 306. The van der Waals surface area contributed by atoms with Crippen molar-refractivity contribution in [3.63, 3.8) is 0 Å². The maximum Gasteiger partial charge on any atom is 0.321 e. The first-order valence-electron chi connectivity index (χ1n) is 10.9. The lowest BCUT2D eigenvalue weighted by molar-refractivity contribution is 0.174. The fraction of sp³-hybridized carbons (Fsp3) is 1.00. The molecule has 0 bridgehead atoms. The highest BCUT2D eigenvalue weighted by atomic mass is 28.3. The predicted molar refractivity (Wildman–Crippen MR) is 114 cm³/mol. The Kier molecular flexibility index (Phi) is 12.5. The van der Waals surface area contributed by atoms with Gasteiger partial charge in [-0.2, -0.15) is 0 Å². The van der Waals surface area contributed by atoms with E-state index in [-0.39, 0.29) is 0 Å². The number of nitrogens with zero attached hydrogens (tertiary/aromatic N) is 2. The van der Waals surface area contributed by atoms with Crippen LogP contribution in [0.1, 0.15) is 53.9 Å². The van der Waals surface area contributed by atoms with Crippen LogP contribution in [0.2, 0.25) is 24.2 Å². The van der Waals surface area contributed by atoms with E-state index < -0.39 is 17.5 Å². The van der Waals surface area contributed by atoms with Crippen LogP contribution in [-0.4, -0.2) is 72.9 Å². The van der Waals surface area contributed by atoms with Crippen LogP contribution in [0.25, 0.3) is 0 Å². The van der Waals surface area contributed by atoms with Gasteiger partial charge >= 0.3 is 9.28 Å². The summed E-state index contributed by atoms with van der Waals surface area (Å²) in [5, 5.41) is 0. The summed E-state index contributed by atoms with van der Waals surface area (Å²) in [7, 11) is -2.58. The first-order chi connectivity index (χ1) is 12.2. The molecule has 0 N–H and O–H groups in total. The highest BCUT2D eigenvalue weighted by Crippen LogP contribution is 2.26. The van der Waals surface area contributed by atoms with E-state index in [1.807, 2.05) is 0 Å². The fourth-order valence-electron chi connectivity index (χ4n) is 4.06. The lowest BCUT2D eigenvalue weighted by Crippen LogP contribution is -2.59. The van der Waals surface area contributed by atoms with E-state index in [2.05, 4.69) is 44.1 Å². The molecule has 0 aromatic heterocycles. The van der Waals surface area contributed by atoms with E-state index >= 15 is 0 Å². The Morgan fingerprint density at radius 1 is 0.800 bits per heavy atom. The van der Waals surface area contributed by atoms with E-state index in [4.69, 9.17) is 8.85 Å². The molecule has 4 nitrogen and oxygen atoms in total. The van der Waals surface area contributed by atoms with Crippen LogP contribution in [0.15, 0.2) is 0 Å². The van der Waals surface area contributed by atoms with Crippen molar-refractivity contribution in [1.29, 1.82) is 0 Å². The SMILES string of the molecule is CCCO[SiH](CCCN1CCN([Si](CC)(CC)CC)CC1)OCCC. The minimum Gasteiger partial charge on any atom is -0.397 e. The van der Waals surface area contributed by atoms with Gasteiger partial charge in [0, 0.05) is 39.4 Å². The second-order valence-corrected chi connectivity index (χ2v) is 14.7. The average molecular weight is 389 g/mol. The molecule has 1 rings (SSSR count).